The molecule has 0 spiro atoms. The van der Waals surface area contributed by atoms with Crippen molar-refractivity contribution in [2.75, 3.05) is 13.6 Å². The van der Waals surface area contributed by atoms with Gasteiger partial charge in [0.15, 0.2) is 5.96 Å². The third-order valence-electron chi connectivity index (χ3n) is 4.85. The first-order valence-corrected chi connectivity index (χ1v) is 9.95. The first-order valence-electron chi connectivity index (χ1n) is 9.01. The van der Waals surface area contributed by atoms with Crippen LogP contribution in [0.5, 0.6) is 0 Å². The lowest BCUT2D eigenvalue weighted by molar-refractivity contribution is 0.134. The van der Waals surface area contributed by atoms with Crippen LogP contribution in [0.25, 0.3) is 0 Å². The number of piperidine rings is 1. The number of nitrogens with one attached hydrogen (secondary N) is 2. The molecule has 1 aromatic heterocycles. The van der Waals surface area contributed by atoms with Gasteiger partial charge in [0.1, 0.15) is 0 Å². The fraction of sp³-hybridized carbons (Fsp3) is 0.450. The molecule has 1 aromatic carbocycles. The Morgan fingerprint density at radius 1 is 1.24 bits per heavy atom. The van der Waals surface area contributed by atoms with Gasteiger partial charge in [-0.1, -0.05) is 30.3 Å². The zero-order valence-corrected chi connectivity index (χ0v) is 15.9. The van der Waals surface area contributed by atoms with Crippen molar-refractivity contribution in [2.45, 2.75) is 44.9 Å². The van der Waals surface area contributed by atoms with Crippen LogP contribution in [-0.2, 0) is 13.1 Å². The normalized spacial score (nSPS) is 21.9. The molecule has 1 aliphatic heterocycles. The highest BCUT2D eigenvalue weighted by molar-refractivity contribution is 7.07. The first-order chi connectivity index (χ1) is 12.2. The number of guanidine groups is 1. The highest BCUT2D eigenvalue weighted by atomic mass is 32.1. The Labute approximate surface area is 155 Å². The smallest absolute Gasteiger partial charge is 0.191 e. The molecule has 1 fully saturated rings. The number of hydrogen-bond donors (Lipinski definition) is 2. The Morgan fingerprint density at radius 2 is 2.08 bits per heavy atom. The van der Waals surface area contributed by atoms with E-state index in [-0.39, 0.29) is 0 Å². The van der Waals surface area contributed by atoms with Crippen LogP contribution in [0.3, 0.4) is 0 Å². The molecule has 2 atom stereocenters. The largest absolute Gasteiger partial charge is 0.354 e. The maximum Gasteiger partial charge on any atom is 0.191 e. The van der Waals surface area contributed by atoms with Gasteiger partial charge in [0.05, 0.1) is 0 Å². The predicted molar refractivity (Wildman–Crippen MR) is 107 cm³/mol. The summed E-state index contributed by atoms with van der Waals surface area (Å²) in [7, 11) is 1.84. The van der Waals surface area contributed by atoms with E-state index in [4.69, 9.17) is 0 Å². The summed E-state index contributed by atoms with van der Waals surface area (Å²) in [4.78, 5) is 6.96. The van der Waals surface area contributed by atoms with E-state index in [1.54, 1.807) is 11.3 Å². The van der Waals surface area contributed by atoms with Crippen molar-refractivity contribution in [3.8, 4) is 0 Å². The maximum atomic E-state index is 4.38. The highest BCUT2D eigenvalue weighted by Gasteiger charge is 2.25. The van der Waals surface area contributed by atoms with Gasteiger partial charge in [0.2, 0.25) is 0 Å². The summed E-state index contributed by atoms with van der Waals surface area (Å²) in [6.45, 7) is 5.32. The molecule has 2 aromatic rings. The zero-order chi connectivity index (χ0) is 17.5. The molecule has 5 heteroatoms. The predicted octanol–water partition coefficient (Wildman–Crippen LogP) is 3.47. The maximum absolute atomic E-state index is 4.38. The monoisotopic (exact) mass is 356 g/mol. The van der Waals surface area contributed by atoms with E-state index in [1.165, 1.54) is 11.1 Å². The fourth-order valence-corrected chi connectivity index (χ4v) is 4.04. The van der Waals surface area contributed by atoms with Crippen LogP contribution >= 0.6 is 11.3 Å². The summed E-state index contributed by atoms with van der Waals surface area (Å²) in [5, 5.41) is 11.3. The summed E-state index contributed by atoms with van der Waals surface area (Å²) >= 11 is 1.73. The molecule has 0 radical (unpaired) electrons. The van der Waals surface area contributed by atoms with E-state index in [0.717, 1.165) is 38.4 Å². The number of likely N-dealkylation sites (tertiary alicyclic amines) is 1. The van der Waals surface area contributed by atoms with Gasteiger partial charge in [-0.2, -0.15) is 11.3 Å². The molecule has 25 heavy (non-hydrogen) atoms. The Hall–Kier alpha value is -1.85. The molecule has 0 bridgehead atoms. The number of aliphatic imine (C=N–C) groups is 1. The van der Waals surface area contributed by atoms with Gasteiger partial charge in [0, 0.05) is 38.8 Å². The molecular formula is C20H28N4S. The van der Waals surface area contributed by atoms with Crippen LogP contribution in [0.4, 0.5) is 0 Å². The topological polar surface area (TPSA) is 39.7 Å². The van der Waals surface area contributed by atoms with Crippen molar-refractivity contribution in [2.24, 2.45) is 4.99 Å². The molecule has 4 nitrogen and oxygen atoms in total. The number of nitrogens with zero attached hydrogens (tertiary/aromatic N) is 2. The zero-order valence-electron chi connectivity index (χ0n) is 15.1. The quantitative estimate of drug-likeness (QED) is 0.637. The molecule has 2 N–H and O–H groups in total. The molecule has 2 unspecified atom stereocenters. The highest BCUT2D eigenvalue weighted by Crippen LogP contribution is 2.20. The van der Waals surface area contributed by atoms with E-state index < -0.39 is 0 Å². The van der Waals surface area contributed by atoms with Crippen LogP contribution in [-0.4, -0.2) is 36.5 Å². The molecule has 1 saturated heterocycles. The van der Waals surface area contributed by atoms with Gasteiger partial charge >= 0.3 is 0 Å². The van der Waals surface area contributed by atoms with Crippen molar-refractivity contribution >= 4 is 17.3 Å². The van der Waals surface area contributed by atoms with Crippen molar-refractivity contribution in [1.29, 1.82) is 0 Å². The average Bonchev–Trinajstić information content (AvgIpc) is 3.15. The van der Waals surface area contributed by atoms with Crippen molar-refractivity contribution in [1.82, 2.24) is 15.5 Å². The summed E-state index contributed by atoms with van der Waals surface area (Å²) in [5.41, 5.74) is 2.70. The van der Waals surface area contributed by atoms with Gasteiger partial charge < -0.3 is 10.6 Å². The lowest BCUT2D eigenvalue weighted by Crippen LogP contribution is -2.51. The van der Waals surface area contributed by atoms with Gasteiger partial charge in [-0.05, 0) is 47.7 Å². The van der Waals surface area contributed by atoms with Gasteiger partial charge in [0.25, 0.3) is 0 Å². The summed E-state index contributed by atoms with van der Waals surface area (Å²) in [6.07, 6.45) is 2.29. The second-order valence-electron chi connectivity index (χ2n) is 6.73. The Balaban J connectivity index is 1.46. The van der Waals surface area contributed by atoms with Gasteiger partial charge in [-0.3, -0.25) is 9.89 Å². The molecule has 0 amide bonds. The SMILES string of the molecule is CN=C(NCc1ccsc1)NC1CCN(Cc2ccccc2)C(C)C1. The molecule has 3 rings (SSSR count). The van der Waals surface area contributed by atoms with E-state index in [2.05, 4.69) is 74.6 Å². The van der Waals surface area contributed by atoms with Crippen LogP contribution < -0.4 is 10.6 Å². The summed E-state index contributed by atoms with van der Waals surface area (Å²) in [6, 6.07) is 14.0. The minimum atomic E-state index is 0.482. The van der Waals surface area contributed by atoms with E-state index in [1.807, 2.05) is 7.05 Å². The first kappa shape index (κ1) is 18.0. The summed E-state index contributed by atoms with van der Waals surface area (Å²) in [5.74, 6) is 0.903. The Morgan fingerprint density at radius 3 is 2.76 bits per heavy atom. The average molecular weight is 357 g/mol. The van der Waals surface area contributed by atoms with Crippen molar-refractivity contribution in [3.63, 3.8) is 0 Å². The van der Waals surface area contributed by atoms with Crippen LogP contribution in [0, 0.1) is 0 Å². The van der Waals surface area contributed by atoms with Crippen LogP contribution in [0.2, 0.25) is 0 Å². The van der Waals surface area contributed by atoms with Crippen LogP contribution in [0.1, 0.15) is 30.9 Å². The Kier molecular flexibility index (Phi) is 6.48. The van der Waals surface area contributed by atoms with Crippen molar-refractivity contribution in [3.05, 3.63) is 58.3 Å². The fourth-order valence-electron chi connectivity index (χ4n) is 3.37. The van der Waals surface area contributed by atoms with E-state index in [9.17, 15) is 0 Å². The van der Waals surface area contributed by atoms with Gasteiger partial charge in [-0.25, -0.2) is 0 Å². The number of benzene rings is 1. The number of thiophene rings is 1. The molecule has 1 aliphatic rings. The number of rotatable bonds is 5. The standard InChI is InChI=1S/C20H28N4S/c1-16-12-19(8-10-24(16)14-17-6-4-3-5-7-17)23-20(21-2)22-13-18-9-11-25-15-18/h3-7,9,11,15-16,19H,8,10,12-14H2,1-2H3,(H2,21,22,23). The van der Waals surface area contributed by atoms with Crippen LogP contribution in [0.15, 0.2) is 52.2 Å². The van der Waals surface area contributed by atoms with E-state index in [0.29, 0.717) is 12.1 Å². The van der Waals surface area contributed by atoms with Gasteiger partial charge in [-0.15, -0.1) is 0 Å². The minimum absolute atomic E-state index is 0.482. The molecule has 134 valence electrons. The lowest BCUT2D eigenvalue weighted by Gasteiger charge is -2.38. The molecule has 2 heterocycles. The molecule has 0 saturated carbocycles. The Bertz CT molecular complexity index is 654. The molecule has 0 aliphatic carbocycles. The van der Waals surface area contributed by atoms with Crippen molar-refractivity contribution < 1.29 is 0 Å². The molecular weight excluding hydrogens is 328 g/mol. The second kappa shape index (κ2) is 9.02. The van der Waals surface area contributed by atoms with E-state index >= 15 is 0 Å². The minimum Gasteiger partial charge on any atom is -0.354 e. The second-order valence-corrected chi connectivity index (χ2v) is 7.51. The number of hydrogen-bond acceptors (Lipinski definition) is 3. The third-order valence-corrected chi connectivity index (χ3v) is 5.58. The summed E-state index contributed by atoms with van der Waals surface area (Å²) < 4.78 is 0. The third kappa shape index (κ3) is 5.31. The lowest BCUT2D eigenvalue weighted by atomic mass is 9.97.